The number of nitrogens with one attached hydrogen (secondary N) is 1. The number of benzene rings is 2. The Morgan fingerprint density at radius 1 is 1.10 bits per heavy atom. The van der Waals surface area contributed by atoms with Gasteiger partial charge in [-0.25, -0.2) is 0 Å². The summed E-state index contributed by atoms with van der Waals surface area (Å²) in [6, 6.07) is 14.1. The Kier molecular flexibility index (Phi) is 9.60. The molecule has 2 aromatic carbocycles. The highest BCUT2D eigenvalue weighted by atomic mass is 35.5. The molecule has 0 fully saturated rings. The number of rotatable bonds is 10. The van der Waals surface area contributed by atoms with E-state index in [2.05, 4.69) is 11.4 Å². The molecule has 0 saturated heterocycles. The molecule has 9 heteroatoms. The maximum Gasteiger partial charge on any atom is 0.241 e. The minimum Gasteiger partial charge on any atom is -0.494 e. The van der Waals surface area contributed by atoms with Gasteiger partial charge in [0.05, 0.1) is 47.9 Å². The fourth-order valence-corrected chi connectivity index (χ4v) is 3.35. The molecule has 2 aromatic rings. The Bertz CT molecular complexity index is 925. The van der Waals surface area contributed by atoms with Crippen molar-refractivity contribution in [3.8, 4) is 11.8 Å². The van der Waals surface area contributed by atoms with E-state index in [-0.39, 0.29) is 37.9 Å². The number of hydrogen-bond acceptors (Lipinski definition) is 5. The number of hydrogen-bond donors (Lipinski definition) is 1. The molecule has 0 aliphatic rings. The third-order valence-electron chi connectivity index (χ3n) is 4.25. The smallest absolute Gasteiger partial charge is 0.241 e. The largest absolute Gasteiger partial charge is 0.494 e. The van der Waals surface area contributed by atoms with Crippen LogP contribution in [0.15, 0.2) is 42.5 Å². The minimum absolute atomic E-state index is 0.0116. The molecule has 0 bridgehead atoms. The Morgan fingerprint density at radius 2 is 1.74 bits per heavy atom. The van der Waals surface area contributed by atoms with Crippen molar-refractivity contribution in [2.75, 3.05) is 43.5 Å². The zero-order valence-corrected chi connectivity index (χ0v) is 18.9. The van der Waals surface area contributed by atoms with E-state index in [4.69, 9.17) is 33.2 Å². The van der Waals surface area contributed by atoms with Gasteiger partial charge in [0.2, 0.25) is 11.8 Å². The average Bonchev–Trinajstić information content (AvgIpc) is 2.72. The predicted molar refractivity (Wildman–Crippen MR) is 123 cm³/mol. The van der Waals surface area contributed by atoms with Gasteiger partial charge in [0.25, 0.3) is 0 Å². The lowest BCUT2D eigenvalue weighted by atomic mass is 10.2. The zero-order valence-electron chi connectivity index (χ0n) is 17.4. The molecule has 0 saturated carbocycles. The summed E-state index contributed by atoms with van der Waals surface area (Å²) in [5.74, 6) is 0.117. The lowest BCUT2D eigenvalue weighted by Crippen LogP contribution is -2.42. The number of para-hydroxylation sites is 1. The molecule has 1 N–H and O–H groups in total. The topological polar surface area (TPSA) is 85.7 Å². The van der Waals surface area contributed by atoms with Crippen LogP contribution in [0.4, 0.5) is 11.4 Å². The number of carbonyl (C=O) groups is 2. The fourth-order valence-electron chi connectivity index (χ4n) is 2.86. The average molecular weight is 463 g/mol. The first kappa shape index (κ1) is 24.5. The number of likely N-dealkylation sites (N-methyl/N-ethyl adjacent to an activating group) is 1. The first-order valence-corrected chi connectivity index (χ1v) is 10.4. The Hall–Kier alpha value is -2.79. The number of nitrogens with zero attached hydrogens (tertiary/aromatic N) is 3. The normalized spacial score (nSPS) is 10.5. The number of amides is 2. The van der Waals surface area contributed by atoms with Gasteiger partial charge in [0.1, 0.15) is 5.75 Å². The molecule has 0 aromatic heterocycles. The number of anilines is 2. The molecule has 0 heterocycles. The van der Waals surface area contributed by atoms with Gasteiger partial charge in [-0.05, 0) is 50.4 Å². The molecule has 0 radical (unpaired) electrons. The van der Waals surface area contributed by atoms with E-state index in [1.165, 1.54) is 4.90 Å². The first-order chi connectivity index (χ1) is 14.8. The summed E-state index contributed by atoms with van der Waals surface area (Å²) in [5.41, 5.74) is 0.991. The van der Waals surface area contributed by atoms with Crippen LogP contribution < -0.4 is 15.0 Å². The van der Waals surface area contributed by atoms with Crippen LogP contribution >= 0.6 is 23.2 Å². The number of carbonyl (C=O) groups excluding carboxylic acids is 2. The third kappa shape index (κ3) is 7.44. The molecular weight excluding hydrogens is 439 g/mol. The van der Waals surface area contributed by atoms with Gasteiger partial charge < -0.3 is 15.0 Å². The van der Waals surface area contributed by atoms with Crippen LogP contribution in [0.5, 0.6) is 5.75 Å². The van der Waals surface area contributed by atoms with Gasteiger partial charge in [-0.3, -0.25) is 14.5 Å². The van der Waals surface area contributed by atoms with Crippen LogP contribution in [-0.4, -0.2) is 50.0 Å². The van der Waals surface area contributed by atoms with Crippen LogP contribution in [0.2, 0.25) is 10.0 Å². The van der Waals surface area contributed by atoms with Crippen molar-refractivity contribution < 1.29 is 14.3 Å². The molecule has 0 unspecified atom stereocenters. The molecule has 0 aliphatic carbocycles. The maximum absolute atomic E-state index is 12.9. The molecular formula is C22H24Cl2N4O3. The summed E-state index contributed by atoms with van der Waals surface area (Å²) < 4.78 is 5.43. The Balaban J connectivity index is 2.01. The molecule has 0 aliphatic heterocycles. The zero-order chi connectivity index (χ0) is 22.8. The maximum atomic E-state index is 12.9. The molecule has 2 amide bonds. The molecule has 0 spiro atoms. The first-order valence-electron chi connectivity index (χ1n) is 9.68. The van der Waals surface area contributed by atoms with E-state index in [1.54, 1.807) is 54.4 Å². The van der Waals surface area contributed by atoms with Crippen molar-refractivity contribution in [3.05, 3.63) is 52.5 Å². The van der Waals surface area contributed by atoms with E-state index in [0.717, 1.165) is 0 Å². The summed E-state index contributed by atoms with van der Waals surface area (Å²) in [6.07, 6.45) is 0.189. The van der Waals surface area contributed by atoms with E-state index < -0.39 is 0 Å². The van der Waals surface area contributed by atoms with E-state index >= 15 is 0 Å². The quantitative estimate of drug-likeness (QED) is 0.571. The lowest BCUT2D eigenvalue weighted by molar-refractivity contribution is -0.121. The highest BCUT2D eigenvalue weighted by Crippen LogP contribution is 2.29. The fraction of sp³-hybridized carbons (Fsp3) is 0.318. The number of halogens is 2. The highest BCUT2D eigenvalue weighted by Gasteiger charge is 2.19. The monoisotopic (exact) mass is 462 g/mol. The van der Waals surface area contributed by atoms with Crippen LogP contribution in [0.1, 0.15) is 13.3 Å². The summed E-state index contributed by atoms with van der Waals surface area (Å²) >= 11 is 12.1. The van der Waals surface area contributed by atoms with E-state index in [0.29, 0.717) is 33.8 Å². The van der Waals surface area contributed by atoms with Crippen molar-refractivity contribution in [2.45, 2.75) is 13.3 Å². The van der Waals surface area contributed by atoms with Crippen LogP contribution in [-0.2, 0) is 9.59 Å². The predicted octanol–water partition coefficient (Wildman–Crippen LogP) is 4.21. The summed E-state index contributed by atoms with van der Waals surface area (Å²) in [6.45, 7) is 2.63. The van der Waals surface area contributed by atoms with Crippen LogP contribution in [0.3, 0.4) is 0 Å². The van der Waals surface area contributed by atoms with E-state index in [9.17, 15) is 9.59 Å². The second kappa shape index (κ2) is 12.2. The summed E-state index contributed by atoms with van der Waals surface area (Å²) in [5, 5.41) is 12.3. The second-order valence-corrected chi connectivity index (χ2v) is 7.51. The van der Waals surface area contributed by atoms with Gasteiger partial charge in [-0.2, -0.15) is 5.26 Å². The lowest BCUT2D eigenvalue weighted by Gasteiger charge is -2.25. The number of nitriles is 1. The Labute approximate surface area is 192 Å². The van der Waals surface area contributed by atoms with Crippen molar-refractivity contribution >= 4 is 46.4 Å². The molecule has 0 atom stereocenters. The highest BCUT2D eigenvalue weighted by molar-refractivity contribution is 6.39. The van der Waals surface area contributed by atoms with Crippen molar-refractivity contribution in [1.29, 1.82) is 5.26 Å². The van der Waals surface area contributed by atoms with E-state index in [1.807, 2.05) is 6.92 Å². The molecule has 2 rings (SSSR count). The van der Waals surface area contributed by atoms with Gasteiger partial charge >= 0.3 is 0 Å². The minimum atomic E-state index is -0.352. The van der Waals surface area contributed by atoms with Gasteiger partial charge in [-0.15, -0.1) is 0 Å². The third-order valence-corrected chi connectivity index (χ3v) is 4.88. The van der Waals surface area contributed by atoms with Gasteiger partial charge in [0.15, 0.2) is 0 Å². The summed E-state index contributed by atoms with van der Waals surface area (Å²) in [4.78, 5) is 28.4. The van der Waals surface area contributed by atoms with Crippen molar-refractivity contribution in [1.82, 2.24) is 4.90 Å². The molecule has 164 valence electrons. The molecule has 31 heavy (non-hydrogen) atoms. The summed E-state index contributed by atoms with van der Waals surface area (Å²) in [7, 11) is 1.66. The SMILES string of the molecule is CCOc1ccc(N(CCC#N)C(=O)CN(C)CC(=O)Nc2c(Cl)cccc2Cl)cc1. The van der Waals surface area contributed by atoms with Crippen molar-refractivity contribution in [3.63, 3.8) is 0 Å². The second-order valence-electron chi connectivity index (χ2n) is 6.70. The number of ether oxygens (including phenoxy) is 1. The van der Waals surface area contributed by atoms with Gasteiger partial charge in [0, 0.05) is 12.2 Å². The molecule has 7 nitrogen and oxygen atoms in total. The van der Waals surface area contributed by atoms with Crippen LogP contribution in [0, 0.1) is 11.3 Å². The standard InChI is InChI=1S/C22H24Cl2N4O3/c1-3-31-17-10-8-16(9-11-17)28(13-5-12-25)21(30)15-27(2)14-20(29)26-22-18(23)6-4-7-19(22)24/h4,6-11H,3,5,13-15H2,1-2H3,(H,26,29). The van der Waals surface area contributed by atoms with Crippen molar-refractivity contribution in [2.24, 2.45) is 0 Å². The van der Waals surface area contributed by atoms with Gasteiger partial charge in [-0.1, -0.05) is 29.3 Å². The van der Waals surface area contributed by atoms with Crippen LogP contribution in [0.25, 0.3) is 0 Å². The Morgan fingerprint density at radius 3 is 2.32 bits per heavy atom.